The van der Waals surface area contributed by atoms with Gasteiger partial charge in [0.1, 0.15) is 27.9 Å². The van der Waals surface area contributed by atoms with Crippen molar-refractivity contribution in [2.75, 3.05) is 0 Å². The third kappa shape index (κ3) is 4.14. The van der Waals surface area contributed by atoms with Gasteiger partial charge in [-0.05, 0) is 55.3 Å². The summed E-state index contributed by atoms with van der Waals surface area (Å²) in [5.41, 5.74) is 1.21. The summed E-state index contributed by atoms with van der Waals surface area (Å²) in [4.78, 5) is 17.3. The fourth-order valence-corrected chi connectivity index (χ4v) is 4.46. The number of hydrogen-bond acceptors (Lipinski definition) is 6. The SMILES string of the molecule is Cc1ccccc1Oc1nc2c(C)cccn2c(=O)c1/C=C(\C#N)S(=O)(=O)c1ccccc1. The second-order valence-electron chi connectivity index (χ2n) is 7.33. The lowest BCUT2D eigenvalue weighted by Gasteiger charge is -2.13. The molecule has 0 spiro atoms. The predicted octanol–water partition coefficient (Wildman–Crippen LogP) is 4.44. The van der Waals surface area contributed by atoms with Gasteiger partial charge in [-0.25, -0.2) is 8.42 Å². The molecule has 0 saturated carbocycles. The lowest BCUT2D eigenvalue weighted by atomic mass is 10.2. The highest BCUT2D eigenvalue weighted by atomic mass is 32.2. The van der Waals surface area contributed by atoms with Gasteiger partial charge in [0.15, 0.2) is 0 Å². The molecule has 0 saturated heterocycles. The van der Waals surface area contributed by atoms with E-state index in [1.54, 1.807) is 55.5 Å². The Kier molecular flexibility index (Phi) is 5.82. The Morgan fingerprint density at radius 2 is 1.67 bits per heavy atom. The van der Waals surface area contributed by atoms with Gasteiger partial charge >= 0.3 is 0 Å². The molecule has 164 valence electrons. The molecule has 0 N–H and O–H groups in total. The molecule has 33 heavy (non-hydrogen) atoms. The smallest absolute Gasteiger partial charge is 0.269 e. The zero-order valence-electron chi connectivity index (χ0n) is 17.9. The van der Waals surface area contributed by atoms with Crippen LogP contribution in [0.15, 0.2) is 87.5 Å². The van der Waals surface area contributed by atoms with Gasteiger partial charge in [-0.2, -0.15) is 10.2 Å². The molecule has 2 aromatic heterocycles. The van der Waals surface area contributed by atoms with E-state index in [9.17, 15) is 18.5 Å². The number of hydrogen-bond donors (Lipinski definition) is 0. The normalized spacial score (nSPS) is 11.8. The Balaban J connectivity index is 1.99. The summed E-state index contributed by atoms with van der Waals surface area (Å²) >= 11 is 0. The summed E-state index contributed by atoms with van der Waals surface area (Å²) < 4.78 is 33.4. The van der Waals surface area contributed by atoms with Crippen molar-refractivity contribution in [3.05, 3.63) is 105 Å². The first-order valence-electron chi connectivity index (χ1n) is 10.0. The van der Waals surface area contributed by atoms with Crippen molar-refractivity contribution in [2.45, 2.75) is 18.7 Å². The molecule has 8 heteroatoms. The molecule has 4 aromatic rings. The Labute approximate surface area is 190 Å². The summed E-state index contributed by atoms with van der Waals surface area (Å²) in [5, 5.41) is 9.69. The van der Waals surface area contributed by atoms with E-state index in [-0.39, 0.29) is 16.3 Å². The monoisotopic (exact) mass is 457 g/mol. The molecule has 0 unspecified atom stereocenters. The third-order valence-corrected chi connectivity index (χ3v) is 6.76. The molecule has 0 aliphatic carbocycles. The fourth-order valence-electron chi connectivity index (χ4n) is 3.30. The second-order valence-corrected chi connectivity index (χ2v) is 9.24. The lowest BCUT2D eigenvalue weighted by molar-refractivity contribution is 0.457. The van der Waals surface area contributed by atoms with Crippen LogP contribution < -0.4 is 10.3 Å². The first-order valence-corrected chi connectivity index (χ1v) is 11.5. The number of ether oxygens (including phenoxy) is 1. The molecule has 2 heterocycles. The van der Waals surface area contributed by atoms with Crippen LogP contribution in [0, 0.1) is 25.2 Å². The fraction of sp³-hybridized carbons (Fsp3) is 0.0800. The zero-order valence-corrected chi connectivity index (χ0v) is 18.7. The highest BCUT2D eigenvalue weighted by molar-refractivity contribution is 7.95. The molecule has 4 rings (SSSR count). The predicted molar refractivity (Wildman–Crippen MR) is 125 cm³/mol. The summed E-state index contributed by atoms with van der Waals surface area (Å²) in [6.07, 6.45) is 2.56. The number of nitrogens with zero attached hydrogens (tertiary/aromatic N) is 3. The number of rotatable bonds is 5. The van der Waals surface area contributed by atoms with E-state index in [1.807, 2.05) is 19.1 Å². The zero-order chi connectivity index (χ0) is 23.6. The van der Waals surface area contributed by atoms with E-state index in [0.717, 1.165) is 17.2 Å². The Hall–Kier alpha value is -4.22. The summed E-state index contributed by atoms with van der Waals surface area (Å²) in [5.74, 6) is 0.376. The number of aryl methyl sites for hydroxylation is 2. The summed E-state index contributed by atoms with van der Waals surface area (Å²) in [7, 11) is -4.16. The number of allylic oxidation sites excluding steroid dienone is 1. The molecule has 0 amide bonds. The van der Waals surface area contributed by atoms with Gasteiger partial charge in [0.25, 0.3) is 5.56 Å². The first kappa shape index (κ1) is 22.0. The molecule has 0 radical (unpaired) electrons. The molecule has 0 fully saturated rings. The van der Waals surface area contributed by atoms with Crippen LogP contribution >= 0.6 is 0 Å². The number of para-hydroxylation sites is 1. The van der Waals surface area contributed by atoms with Gasteiger partial charge in [-0.1, -0.05) is 42.5 Å². The number of sulfone groups is 1. The van der Waals surface area contributed by atoms with Crippen LogP contribution in [0.3, 0.4) is 0 Å². The van der Waals surface area contributed by atoms with Crippen LogP contribution in [-0.4, -0.2) is 17.8 Å². The van der Waals surface area contributed by atoms with Crippen molar-refractivity contribution in [1.29, 1.82) is 5.26 Å². The highest BCUT2D eigenvalue weighted by Crippen LogP contribution is 2.28. The number of aromatic nitrogens is 2. The van der Waals surface area contributed by atoms with E-state index in [0.29, 0.717) is 11.4 Å². The maximum Gasteiger partial charge on any atom is 0.269 e. The van der Waals surface area contributed by atoms with Gasteiger partial charge in [0, 0.05) is 6.20 Å². The topological polar surface area (TPSA) is 102 Å². The minimum Gasteiger partial charge on any atom is -0.438 e. The van der Waals surface area contributed by atoms with E-state index in [1.165, 1.54) is 22.7 Å². The average Bonchev–Trinajstić information content (AvgIpc) is 2.81. The van der Waals surface area contributed by atoms with Crippen LogP contribution in [0.1, 0.15) is 16.7 Å². The molecule has 0 aliphatic rings. The molecule has 0 bridgehead atoms. The maximum absolute atomic E-state index is 13.4. The average molecular weight is 458 g/mol. The van der Waals surface area contributed by atoms with Crippen molar-refractivity contribution in [3.63, 3.8) is 0 Å². The Morgan fingerprint density at radius 3 is 2.36 bits per heavy atom. The van der Waals surface area contributed by atoms with Crippen molar-refractivity contribution in [1.82, 2.24) is 9.38 Å². The number of fused-ring (bicyclic) bond motifs is 1. The molecule has 0 atom stereocenters. The maximum atomic E-state index is 13.4. The van der Waals surface area contributed by atoms with Crippen LogP contribution in [-0.2, 0) is 9.84 Å². The molecular weight excluding hydrogens is 438 g/mol. The van der Waals surface area contributed by atoms with Crippen LogP contribution in [0.4, 0.5) is 0 Å². The minimum absolute atomic E-state index is 0.0520. The van der Waals surface area contributed by atoms with Crippen molar-refractivity contribution < 1.29 is 13.2 Å². The second kappa shape index (κ2) is 8.73. The van der Waals surface area contributed by atoms with Crippen molar-refractivity contribution in [3.8, 4) is 17.7 Å². The van der Waals surface area contributed by atoms with E-state index in [4.69, 9.17) is 4.74 Å². The third-order valence-electron chi connectivity index (χ3n) is 5.08. The first-order chi connectivity index (χ1) is 15.8. The van der Waals surface area contributed by atoms with Gasteiger partial charge in [0.05, 0.1) is 4.90 Å². The number of nitriles is 1. The quantitative estimate of drug-likeness (QED) is 0.411. The van der Waals surface area contributed by atoms with Crippen LogP contribution in [0.5, 0.6) is 11.6 Å². The molecule has 7 nitrogen and oxygen atoms in total. The van der Waals surface area contributed by atoms with Crippen LogP contribution in [0.25, 0.3) is 11.7 Å². The van der Waals surface area contributed by atoms with Gasteiger partial charge < -0.3 is 4.74 Å². The van der Waals surface area contributed by atoms with E-state index < -0.39 is 20.3 Å². The lowest BCUT2D eigenvalue weighted by Crippen LogP contribution is -2.20. The van der Waals surface area contributed by atoms with Crippen molar-refractivity contribution in [2.24, 2.45) is 0 Å². The molecular formula is C25H19N3O4S. The highest BCUT2D eigenvalue weighted by Gasteiger charge is 2.23. The summed E-state index contributed by atoms with van der Waals surface area (Å²) in [6, 6.07) is 20.0. The van der Waals surface area contributed by atoms with Gasteiger partial charge in [0.2, 0.25) is 15.7 Å². The van der Waals surface area contributed by atoms with E-state index in [2.05, 4.69) is 4.98 Å². The molecule has 0 aliphatic heterocycles. The summed E-state index contributed by atoms with van der Waals surface area (Å²) in [6.45, 7) is 3.64. The van der Waals surface area contributed by atoms with Gasteiger partial charge in [-0.15, -0.1) is 0 Å². The number of benzene rings is 2. The Morgan fingerprint density at radius 1 is 1.00 bits per heavy atom. The molecule has 2 aromatic carbocycles. The van der Waals surface area contributed by atoms with E-state index >= 15 is 0 Å². The van der Waals surface area contributed by atoms with Gasteiger partial charge in [-0.3, -0.25) is 9.20 Å². The van der Waals surface area contributed by atoms with Crippen LogP contribution in [0.2, 0.25) is 0 Å². The number of pyridine rings is 1. The Bertz CT molecular complexity index is 1600. The minimum atomic E-state index is -4.16. The van der Waals surface area contributed by atoms with Crippen molar-refractivity contribution >= 4 is 21.6 Å². The largest absolute Gasteiger partial charge is 0.438 e. The standard InChI is InChI=1S/C25H19N3O4S/c1-17-9-6-7-13-22(17)32-24-21(25(29)28-14-8-10-18(2)23(28)27-24)15-20(16-26)33(30,31)19-11-4-3-5-12-19/h3-15H,1-2H3/b20-15+.